The van der Waals surface area contributed by atoms with Gasteiger partial charge in [-0.15, -0.1) is 0 Å². The molecule has 0 spiro atoms. The number of aromatic nitrogens is 1. The quantitative estimate of drug-likeness (QED) is 0.736. The van der Waals surface area contributed by atoms with Crippen LogP contribution >= 0.6 is 0 Å². The molecule has 0 saturated heterocycles. The molecule has 0 bridgehead atoms. The molecule has 134 valence electrons. The van der Waals surface area contributed by atoms with Crippen molar-refractivity contribution in [1.82, 2.24) is 4.57 Å². The Kier molecular flexibility index (Phi) is 4.93. The lowest BCUT2D eigenvalue weighted by molar-refractivity contribution is -0.136. The number of carbonyl (C=O) groups excluding carboxylic acids is 1. The van der Waals surface area contributed by atoms with Gasteiger partial charge in [-0.05, 0) is 42.8 Å². The molecule has 0 aliphatic heterocycles. The number of nitrogens with zero attached hydrogens (tertiary/aromatic N) is 1. The molecule has 0 aliphatic carbocycles. The maximum Gasteiger partial charge on any atom is 0.307 e. The number of benzene rings is 2. The predicted molar refractivity (Wildman–Crippen MR) is 97.1 cm³/mol. The zero-order valence-electron chi connectivity index (χ0n) is 14.6. The fourth-order valence-corrected chi connectivity index (χ4v) is 3.01. The van der Waals surface area contributed by atoms with Crippen LogP contribution in [0.1, 0.15) is 16.1 Å². The molecule has 0 unspecified atom stereocenters. The van der Waals surface area contributed by atoms with E-state index in [0.29, 0.717) is 33.7 Å². The van der Waals surface area contributed by atoms with Gasteiger partial charge in [0.05, 0.1) is 19.0 Å². The van der Waals surface area contributed by atoms with E-state index in [4.69, 9.17) is 9.47 Å². The zero-order chi connectivity index (χ0) is 18.7. The van der Waals surface area contributed by atoms with Gasteiger partial charge in [-0.2, -0.15) is 0 Å². The normalized spacial score (nSPS) is 10.7. The average Bonchev–Trinajstić information content (AvgIpc) is 2.91. The highest BCUT2D eigenvalue weighted by Crippen LogP contribution is 2.30. The number of rotatable bonds is 6. The summed E-state index contributed by atoms with van der Waals surface area (Å²) in [6.45, 7) is 1.60. The van der Waals surface area contributed by atoms with E-state index in [9.17, 15) is 14.7 Å². The monoisotopic (exact) mass is 353 g/mol. The first-order valence-electron chi connectivity index (χ1n) is 8.12. The minimum absolute atomic E-state index is 0.146. The van der Waals surface area contributed by atoms with Crippen LogP contribution in [0.5, 0.6) is 11.5 Å². The summed E-state index contributed by atoms with van der Waals surface area (Å²) in [4.78, 5) is 24.0. The molecule has 0 aliphatic rings. The van der Waals surface area contributed by atoms with Crippen molar-refractivity contribution in [2.45, 2.75) is 13.3 Å². The number of aliphatic carboxylic acids is 1. The van der Waals surface area contributed by atoms with E-state index < -0.39 is 5.97 Å². The van der Waals surface area contributed by atoms with Crippen LogP contribution in [0.25, 0.3) is 10.9 Å². The molecule has 2 aromatic carbocycles. The van der Waals surface area contributed by atoms with Gasteiger partial charge in [0.15, 0.2) is 6.61 Å². The number of hydrogen-bond acceptors (Lipinski definition) is 4. The summed E-state index contributed by atoms with van der Waals surface area (Å²) < 4.78 is 12.3. The van der Waals surface area contributed by atoms with Crippen LogP contribution < -0.4 is 9.47 Å². The Labute approximate surface area is 150 Å². The summed E-state index contributed by atoms with van der Waals surface area (Å²) in [5.41, 5.74) is 1.83. The van der Waals surface area contributed by atoms with Gasteiger partial charge in [0.2, 0.25) is 0 Å². The lowest BCUT2D eigenvalue weighted by atomic mass is 10.1. The lowest BCUT2D eigenvalue weighted by Crippen LogP contribution is -2.20. The van der Waals surface area contributed by atoms with Crippen molar-refractivity contribution in [3.8, 4) is 11.5 Å². The summed E-state index contributed by atoms with van der Waals surface area (Å²) in [7, 11) is 1.54. The van der Waals surface area contributed by atoms with Gasteiger partial charge < -0.3 is 14.6 Å². The molecule has 1 heterocycles. The molecule has 0 fully saturated rings. The highest BCUT2D eigenvalue weighted by atomic mass is 16.5. The molecular formula is C20H19NO5. The van der Waals surface area contributed by atoms with Crippen LogP contribution in [0.4, 0.5) is 0 Å². The van der Waals surface area contributed by atoms with E-state index in [1.807, 2.05) is 18.2 Å². The van der Waals surface area contributed by atoms with Crippen LogP contribution in [0, 0.1) is 6.92 Å². The number of carboxylic acid groups (broad SMARTS) is 1. The van der Waals surface area contributed by atoms with Gasteiger partial charge in [0.25, 0.3) is 5.91 Å². The van der Waals surface area contributed by atoms with E-state index in [1.54, 1.807) is 44.4 Å². The fourth-order valence-electron chi connectivity index (χ4n) is 3.01. The molecule has 6 heteroatoms. The Morgan fingerprint density at radius 2 is 1.81 bits per heavy atom. The fraction of sp³-hybridized carbons (Fsp3) is 0.200. The van der Waals surface area contributed by atoms with Crippen molar-refractivity contribution < 1.29 is 24.2 Å². The lowest BCUT2D eigenvalue weighted by Gasteiger charge is -2.09. The van der Waals surface area contributed by atoms with Gasteiger partial charge in [-0.1, -0.05) is 18.2 Å². The SMILES string of the molecule is COc1ccc2c(c1)c(CC(=O)O)c(C)n2C(=O)COc1ccccc1. The van der Waals surface area contributed by atoms with Crippen molar-refractivity contribution in [2.24, 2.45) is 0 Å². The Balaban J connectivity index is 2.00. The topological polar surface area (TPSA) is 77.8 Å². The van der Waals surface area contributed by atoms with Crippen LogP contribution in [0.3, 0.4) is 0 Å². The Morgan fingerprint density at radius 3 is 2.46 bits per heavy atom. The number of carboxylic acids is 1. The third kappa shape index (κ3) is 3.39. The van der Waals surface area contributed by atoms with E-state index in [1.165, 1.54) is 4.57 Å². The largest absolute Gasteiger partial charge is 0.497 e. The number of methoxy groups -OCH3 is 1. The van der Waals surface area contributed by atoms with E-state index in [0.717, 1.165) is 0 Å². The summed E-state index contributed by atoms with van der Waals surface area (Å²) >= 11 is 0. The second-order valence-electron chi connectivity index (χ2n) is 5.85. The van der Waals surface area contributed by atoms with Gasteiger partial charge in [0, 0.05) is 11.1 Å². The van der Waals surface area contributed by atoms with Crippen molar-refractivity contribution in [3.63, 3.8) is 0 Å². The van der Waals surface area contributed by atoms with Gasteiger partial charge in [0.1, 0.15) is 11.5 Å². The molecule has 1 aromatic heterocycles. The second kappa shape index (κ2) is 7.31. The molecule has 3 rings (SSSR count). The van der Waals surface area contributed by atoms with Crippen molar-refractivity contribution >= 4 is 22.8 Å². The first kappa shape index (κ1) is 17.5. The van der Waals surface area contributed by atoms with Crippen molar-refractivity contribution in [2.75, 3.05) is 13.7 Å². The summed E-state index contributed by atoms with van der Waals surface area (Å²) in [6.07, 6.45) is -0.171. The maximum atomic E-state index is 12.8. The van der Waals surface area contributed by atoms with Gasteiger partial charge in [-0.25, -0.2) is 0 Å². The van der Waals surface area contributed by atoms with Crippen LogP contribution in [0.15, 0.2) is 48.5 Å². The molecule has 26 heavy (non-hydrogen) atoms. The molecule has 0 amide bonds. The van der Waals surface area contributed by atoms with Crippen molar-refractivity contribution in [3.05, 3.63) is 59.8 Å². The predicted octanol–water partition coefficient (Wildman–Crippen LogP) is 3.30. The van der Waals surface area contributed by atoms with Gasteiger partial charge >= 0.3 is 5.97 Å². The minimum atomic E-state index is -0.956. The highest BCUT2D eigenvalue weighted by Gasteiger charge is 2.21. The standard InChI is InChI=1S/C20H19NO5/c1-13-16(11-20(23)24)17-10-15(25-2)8-9-18(17)21(13)19(22)12-26-14-6-4-3-5-7-14/h3-10H,11-12H2,1-2H3,(H,23,24). The van der Waals surface area contributed by atoms with E-state index >= 15 is 0 Å². The first-order valence-corrected chi connectivity index (χ1v) is 8.12. The smallest absolute Gasteiger partial charge is 0.307 e. The molecule has 1 N–H and O–H groups in total. The molecular weight excluding hydrogens is 334 g/mol. The number of fused-ring (bicyclic) bond motifs is 1. The Morgan fingerprint density at radius 1 is 1.08 bits per heavy atom. The summed E-state index contributed by atoms with van der Waals surface area (Å²) in [5, 5.41) is 9.92. The molecule has 3 aromatic rings. The second-order valence-corrected chi connectivity index (χ2v) is 5.85. The molecule has 6 nitrogen and oxygen atoms in total. The first-order chi connectivity index (χ1) is 12.5. The Bertz CT molecular complexity index is 959. The van der Waals surface area contributed by atoms with Crippen LogP contribution in [-0.2, 0) is 11.2 Å². The number of carbonyl (C=O) groups is 2. The maximum absolute atomic E-state index is 12.8. The Hall–Kier alpha value is -3.28. The number of para-hydroxylation sites is 1. The molecule has 0 radical (unpaired) electrons. The summed E-state index contributed by atoms with van der Waals surface area (Å²) in [5.74, 6) is -0.0159. The number of hydrogen-bond donors (Lipinski definition) is 1. The zero-order valence-corrected chi connectivity index (χ0v) is 14.6. The van der Waals surface area contributed by atoms with E-state index in [-0.39, 0.29) is 18.9 Å². The third-order valence-corrected chi connectivity index (χ3v) is 4.22. The van der Waals surface area contributed by atoms with E-state index in [2.05, 4.69) is 0 Å². The van der Waals surface area contributed by atoms with Crippen molar-refractivity contribution in [1.29, 1.82) is 0 Å². The van der Waals surface area contributed by atoms with Crippen LogP contribution in [-0.4, -0.2) is 35.3 Å². The van der Waals surface area contributed by atoms with Gasteiger partial charge in [-0.3, -0.25) is 14.2 Å². The van der Waals surface area contributed by atoms with Crippen LogP contribution in [0.2, 0.25) is 0 Å². The third-order valence-electron chi connectivity index (χ3n) is 4.22. The average molecular weight is 353 g/mol. The molecule has 0 saturated carbocycles. The molecule has 0 atom stereocenters. The highest BCUT2D eigenvalue weighted by molar-refractivity contribution is 5.98. The minimum Gasteiger partial charge on any atom is -0.497 e. The number of ether oxygens (including phenoxy) is 2. The summed E-state index contributed by atoms with van der Waals surface area (Å²) in [6, 6.07) is 14.3.